The summed E-state index contributed by atoms with van der Waals surface area (Å²) in [6.45, 7) is 4.74. The Morgan fingerprint density at radius 1 is 1.05 bits per heavy atom. The van der Waals surface area contributed by atoms with Gasteiger partial charge < -0.3 is 4.90 Å². The van der Waals surface area contributed by atoms with Gasteiger partial charge in [-0.2, -0.15) is 0 Å². The number of hydrogen-bond acceptors (Lipinski definition) is 2. The molecule has 0 bridgehead atoms. The van der Waals surface area contributed by atoms with E-state index in [1.165, 1.54) is 0 Å². The lowest BCUT2D eigenvalue weighted by atomic mass is 9.90. The molecule has 2 heterocycles. The van der Waals surface area contributed by atoms with Crippen molar-refractivity contribution in [3.8, 4) is 0 Å². The van der Waals surface area contributed by atoms with Gasteiger partial charge in [0.1, 0.15) is 12.1 Å². The lowest BCUT2D eigenvalue weighted by Gasteiger charge is -2.48. The quantitative estimate of drug-likeness (QED) is 0.838. The minimum absolute atomic E-state index is 0.0826. The van der Waals surface area contributed by atoms with Crippen LogP contribution in [0.5, 0.6) is 0 Å². The number of fused-ring (bicyclic) bond motifs is 1. The van der Waals surface area contributed by atoms with Crippen LogP contribution in [0.15, 0.2) is 30.3 Å². The summed E-state index contributed by atoms with van der Waals surface area (Å²) in [5, 5.41) is 0. The minimum Gasteiger partial charge on any atom is -0.329 e. The van der Waals surface area contributed by atoms with Crippen molar-refractivity contribution >= 4 is 17.5 Å². The van der Waals surface area contributed by atoms with Crippen molar-refractivity contribution in [3.63, 3.8) is 0 Å². The molecule has 4 heteroatoms. The van der Waals surface area contributed by atoms with E-state index in [2.05, 4.69) is 0 Å². The summed E-state index contributed by atoms with van der Waals surface area (Å²) in [6.07, 6.45) is 2.82. The van der Waals surface area contributed by atoms with Crippen molar-refractivity contribution in [2.75, 3.05) is 11.4 Å². The summed E-state index contributed by atoms with van der Waals surface area (Å²) in [6, 6.07) is 8.95. The molecule has 0 aromatic heterocycles. The molecule has 0 radical (unpaired) electrons. The fourth-order valence-electron chi connectivity index (χ4n) is 3.49. The molecule has 1 aromatic rings. The lowest BCUT2D eigenvalue weighted by Crippen LogP contribution is -2.67. The SMILES string of the molecule is CC(C)C1C(=O)N2CCCCC2C(=O)N1c1ccccc1. The van der Waals surface area contributed by atoms with Crippen LogP contribution in [0, 0.1) is 5.92 Å². The maximum atomic E-state index is 13.0. The zero-order chi connectivity index (χ0) is 15.0. The van der Waals surface area contributed by atoms with Gasteiger partial charge in [0.2, 0.25) is 5.91 Å². The van der Waals surface area contributed by atoms with E-state index in [0.717, 1.165) is 31.5 Å². The maximum absolute atomic E-state index is 13.0. The van der Waals surface area contributed by atoms with Crippen LogP contribution in [0.1, 0.15) is 33.1 Å². The topological polar surface area (TPSA) is 40.6 Å². The Morgan fingerprint density at radius 3 is 2.43 bits per heavy atom. The normalized spacial score (nSPS) is 26.2. The molecule has 2 atom stereocenters. The third-order valence-electron chi connectivity index (χ3n) is 4.51. The van der Waals surface area contributed by atoms with Gasteiger partial charge in [0.25, 0.3) is 5.91 Å². The molecule has 112 valence electrons. The van der Waals surface area contributed by atoms with E-state index in [0.29, 0.717) is 0 Å². The molecule has 0 spiro atoms. The highest BCUT2D eigenvalue weighted by Crippen LogP contribution is 2.32. The number of amides is 2. The Balaban J connectivity index is 2.03. The number of piperazine rings is 1. The van der Waals surface area contributed by atoms with E-state index < -0.39 is 0 Å². The van der Waals surface area contributed by atoms with Crippen molar-refractivity contribution < 1.29 is 9.59 Å². The van der Waals surface area contributed by atoms with E-state index in [-0.39, 0.29) is 29.8 Å². The Bertz CT molecular complexity index is 541. The van der Waals surface area contributed by atoms with E-state index in [4.69, 9.17) is 0 Å². The molecule has 4 nitrogen and oxygen atoms in total. The van der Waals surface area contributed by atoms with E-state index in [1.54, 1.807) is 4.90 Å². The third-order valence-corrected chi connectivity index (χ3v) is 4.51. The molecule has 2 aliphatic heterocycles. The van der Waals surface area contributed by atoms with Crippen LogP contribution in [0.4, 0.5) is 5.69 Å². The number of rotatable bonds is 2. The molecule has 2 unspecified atom stereocenters. The highest BCUT2D eigenvalue weighted by atomic mass is 16.2. The number of carbonyl (C=O) groups excluding carboxylic acids is 2. The van der Waals surface area contributed by atoms with Crippen molar-refractivity contribution in [2.45, 2.75) is 45.2 Å². The van der Waals surface area contributed by atoms with Crippen LogP contribution >= 0.6 is 0 Å². The molecule has 21 heavy (non-hydrogen) atoms. The van der Waals surface area contributed by atoms with Crippen LogP contribution in [0.3, 0.4) is 0 Å². The van der Waals surface area contributed by atoms with Crippen LogP contribution in [0.2, 0.25) is 0 Å². The smallest absolute Gasteiger partial charge is 0.250 e. The molecule has 2 aliphatic rings. The van der Waals surface area contributed by atoms with Crippen LogP contribution in [-0.2, 0) is 9.59 Å². The first kappa shape index (κ1) is 14.1. The fourth-order valence-corrected chi connectivity index (χ4v) is 3.49. The second kappa shape index (κ2) is 5.51. The van der Waals surface area contributed by atoms with Crippen molar-refractivity contribution in [1.82, 2.24) is 4.90 Å². The summed E-state index contributed by atoms with van der Waals surface area (Å²) in [5.74, 6) is 0.293. The number of hydrogen-bond donors (Lipinski definition) is 0. The van der Waals surface area contributed by atoms with Gasteiger partial charge in [-0.15, -0.1) is 0 Å². The molecule has 2 saturated heterocycles. The number of anilines is 1. The van der Waals surface area contributed by atoms with Gasteiger partial charge in [0.15, 0.2) is 0 Å². The summed E-state index contributed by atoms with van der Waals surface area (Å²) >= 11 is 0. The Labute approximate surface area is 125 Å². The summed E-state index contributed by atoms with van der Waals surface area (Å²) in [7, 11) is 0. The van der Waals surface area contributed by atoms with Gasteiger partial charge >= 0.3 is 0 Å². The van der Waals surface area contributed by atoms with Crippen molar-refractivity contribution in [2.24, 2.45) is 5.92 Å². The Kier molecular flexibility index (Phi) is 3.70. The Hall–Kier alpha value is -1.84. The highest BCUT2D eigenvalue weighted by molar-refractivity contribution is 6.08. The van der Waals surface area contributed by atoms with Gasteiger partial charge in [-0.3, -0.25) is 14.5 Å². The second-order valence-electron chi connectivity index (χ2n) is 6.28. The van der Waals surface area contributed by atoms with Crippen molar-refractivity contribution in [1.29, 1.82) is 0 Å². The predicted molar refractivity (Wildman–Crippen MR) is 81.9 cm³/mol. The van der Waals surface area contributed by atoms with Gasteiger partial charge in [-0.1, -0.05) is 32.0 Å². The predicted octanol–water partition coefficient (Wildman–Crippen LogP) is 2.44. The van der Waals surface area contributed by atoms with Gasteiger partial charge in [0, 0.05) is 12.2 Å². The summed E-state index contributed by atoms with van der Waals surface area (Å²) in [4.78, 5) is 29.4. The highest BCUT2D eigenvalue weighted by Gasteiger charge is 2.48. The van der Waals surface area contributed by atoms with Gasteiger partial charge in [-0.05, 0) is 37.3 Å². The first-order valence-corrected chi connectivity index (χ1v) is 7.80. The molecular weight excluding hydrogens is 264 g/mol. The summed E-state index contributed by atoms with van der Waals surface area (Å²) < 4.78 is 0. The summed E-state index contributed by atoms with van der Waals surface area (Å²) in [5.41, 5.74) is 0.833. The first-order valence-electron chi connectivity index (χ1n) is 7.80. The van der Waals surface area contributed by atoms with E-state index in [9.17, 15) is 9.59 Å². The number of para-hydroxylation sites is 1. The number of nitrogens with zero attached hydrogens (tertiary/aromatic N) is 2. The number of benzene rings is 1. The van der Waals surface area contributed by atoms with E-state index in [1.807, 2.05) is 49.1 Å². The zero-order valence-electron chi connectivity index (χ0n) is 12.7. The third kappa shape index (κ3) is 2.33. The average molecular weight is 286 g/mol. The maximum Gasteiger partial charge on any atom is 0.250 e. The largest absolute Gasteiger partial charge is 0.329 e. The molecule has 2 fully saturated rings. The van der Waals surface area contributed by atoms with Gasteiger partial charge in [-0.25, -0.2) is 0 Å². The van der Waals surface area contributed by atoms with Crippen LogP contribution in [-0.4, -0.2) is 35.3 Å². The fraction of sp³-hybridized carbons (Fsp3) is 0.529. The molecule has 2 amide bonds. The second-order valence-corrected chi connectivity index (χ2v) is 6.28. The van der Waals surface area contributed by atoms with Crippen molar-refractivity contribution in [3.05, 3.63) is 30.3 Å². The minimum atomic E-state index is -0.380. The molecule has 3 rings (SSSR count). The molecular formula is C17H22N2O2. The number of piperidine rings is 1. The Morgan fingerprint density at radius 2 is 1.76 bits per heavy atom. The van der Waals surface area contributed by atoms with Crippen LogP contribution < -0.4 is 4.90 Å². The van der Waals surface area contributed by atoms with E-state index >= 15 is 0 Å². The zero-order valence-corrected chi connectivity index (χ0v) is 12.7. The van der Waals surface area contributed by atoms with Gasteiger partial charge in [0.05, 0.1) is 0 Å². The molecule has 0 aliphatic carbocycles. The molecule has 0 saturated carbocycles. The standard InChI is InChI=1S/C17H22N2O2/c1-12(2)15-17(21)18-11-7-6-10-14(18)16(20)19(15)13-8-4-3-5-9-13/h3-5,8-9,12,14-15H,6-7,10-11H2,1-2H3. The average Bonchev–Trinajstić information content (AvgIpc) is 2.51. The number of carbonyl (C=O) groups is 2. The monoisotopic (exact) mass is 286 g/mol. The lowest BCUT2D eigenvalue weighted by molar-refractivity contribution is -0.149. The van der Waals surface area contributed by atoms with Crippen LogP contribution in [0.25, 0.3) is 0 Å². The molecule has 0 N–H and O–H groups in total. The molecule has 1 aromatic carbocycles. The first-order chi connectivity index (χ1) is 10.1.